The third-order valence-corrected chi connectivity index (χ3v) is 5.97. The maximum atomic E-state index is 12.3. The fraction of sp³-hybridized carbons (Fsp3) is 0.364. The summed E-state index contributed by atoms with van der Waals surface area (Å²) < 4.78 is 5.98. The maximum Gasteiger partial charge on any atom is 0.251 e. The second kappa shape index (κ2) is 6.90. The molecule has 0 aromatic heterocycles. The molecule has 4 nitrogen and oxygen atoms in total. The van der Waals surface area contributed by atoms with Crippen molar-refractivity contribution in [2.75, 3.05) is 0 Å². The fourth-order valence-electron chi connectivity index (χ4n) is 4.23. The molecule has 1 spiro atoms. The van der Waals surface area contributed by atoms with Crippen LogP contribution in [0.4, 0.5) is 5.69 Å². The minimum Gasteiger partial charge on any atom is -0.490 e. The highest BCUT2D eigenvalue weighted by atomic mass is 35.5. The van der Waals surface area contributed by atoms with Crippen LogP contribution in [0.25, 0.3) is 4.85 Å². The Hall–Kier alpha value is -2.51. The normalized spacial score (nSPS) is 25.8. The quantitative estimate of drug-likeness (QED) is 0.729. The van der Waals surface area contributed by atoms with E-state index in [-0.39, 0.29) is 18.1 Å². The van der Waals surface area contributed by atoms with E-state index in [9.17, 15) is 4.79 Å². The van der Waals surface area contributed by atoms with Crippen LogP contribution in [0.5, 0.6) is 5.75 Å². The SMILES string of the molecule is [C-]#[N+]c1ccc(OC2CC3(CC(NC(=O)c4ccc(C)cc4)C3)C2)cc1Cl. The molecule has 4 rings (SSSR count). The molecule has 2 saturated carbocycles. The lowest BCUT2D eigenvalue weighted by Gasteiger charge is -2.57. The van der Waals surface area contributed by atoms with Crippen LogP contribution in [0, 0.1) is 18.9 Å². The molecule has 2 fully saturated rings. The molecule has 0 bridgehead atoms. The molecule has 0 unspecified atom stereocenters. The Morgan fingerprint density at radius 1 is 1.19 bits per heavy atom. The number of ether oxygens (including phenoxy) is 1. The topological polar surface area (TPSA) is 42.7 Å². The van der Waals surface area contributed by atoms with Gasteiger partial charge in [-0.05, 0) is 62.3 Å². The largest absolute Gasteiger partial charge is 0.490 e. The number of rotatable bonds is 4. The van der Waals surface area contributed by atoms with Crippen molar-refractivity contribution in [3.63, 3.8) is 0 Å². The van der Waals surface area contributed by atoms with Gasteiger partial charge >= 0.3 is 0 Å². The predicted molar refractivity (Wildman–Crippen MR) is 105 cm³/mol. The van der Waals surface area contributed by atoms with Crippen LogP contribution in [0.2, 0.25) is 5.02 Å². The molecule has 2 aliphatic carbocycles. The van der Waals surface area contributed by atoms with Crippen molar-refractivity contribution in [1.82, 2.24) is 5.32 Å². The standard InChI is InChI=1S/C22H21ClN2O2/c1-14-3-5-15(6-4-14)21(26)25-16-10-22(11-16)12-18(13-22)27-17-7-8-20(24-2)19(23)9-17/h3-9,16,18H,10-13H2,1H3,(H,25,26). The van der Waals surface area contributed by atoms with E-state index < -0.39 is 0 Å². The van der Waals surface area contributed by atoms with E-state index in [2.05, 4.69) is 10.2 Å². The van der Waals surface area contributed by atoms with Crippen LogP contribution in [0.15, 0.2) is 42.5 Å². The van der Waals surface area contributed by atoms with E-state index in [1.165, 1.54) is 0 Å². The first-order valence-corrected chi connectivity index (χ1v) is 9.55. The van der Waals surface area contributed by atoms with Crippen molar-refractivity contribution in [2.45, 2.75) is 44.8 Å². The van der Waals surface area contributed by atoms with Gasteiger partial charge in [-0.1, -0.05) is 35.4 Å². The summed E-state index contributed by atoms with van der Waals surface area (Å²) in [5.74, 6) is 0.729. The van der Waals surface area contributed by atoms with Crippen molar-refractivity contribution in [3.8, 4) is 5.75 Å². The van der Waals surface area contributed by atoms with E-state index in [1.807, 2.05) is 31.2 Å². The van der Waals surface area contributed by atoms with E-state index in [0.29, 0.717) is 16.1 Å². The Morgan fingerprint density at radius 2 is 1.89 bits per heavy atom. The Morgan fingerprint density at radius 3 is 2.52 bits per heavy atom. The average Bonchev–Trinajstić information content (AvgIpc) is 2.58. The van der Waals surface area contributed by atoms with Crippen molar-refractivity contribution in [3.05, 3.63) is 70.0 Å². The van der Waals surface area contributed by atoms with Gasteiger partial charge < -0.3 is 10.1 Å². The second-order valence-electron chi connectivity index (χ2n) is 7.82. The van der Waals surface area contributed by atoms with Gasteiger partial charge in [0.2, 0.25) is 5.69 Å². The zero-order valence-corrected chi connectivity index (χ0v) is 15.9. The van der Waals surface area contributed by atoms with Crippen LogP contribution < -0.4 is 10.1 Å². The molecule has 0 radical (unpaired) electrons. The molecule has 2 aromatic rings. The number of aryl methyl sites for hydroxylation is 1. The number of hydrogen-bond donors (Lipinski definition) is 1. The summed E-state index contributed by atoms with van der Waals surface area (Å²) in [4.78, 5) is 15.7. The molecule has 1 amide bonds. The third-order valence-electron chi connectivity index (χ3n) is 5.67. The van der Waals surface area contributed by atoms with E-state index in [0.717, 1.165) is 42.6 Å². The first kappa shape index (κ1) is 17.9. The minimum atomic E-state index is 0.0107. The van der Waals surface area contributed by atoms with Crippen molar-refractivity contribution in [2.24, 2.45) is 5.41 Å². The van der Waals surface area contributed by atoms with Gasteiger partial charge in [0.05, 0.1) is 17.7 Å². The fourth-order valence-corrected chi connectivity index (χ4v) is 4.44. The monoisotopic (exact) mass is 380 g/mol. The predicted octanol–water partition coefficient (Wildman–Crippen LogP) is 5.32. The lowest BCUT2D eigenvalue weighted by molar-refractivity contribution is -0.0833. The summed E-state index contributed by atoms with van der Waals surface area (Å²) in [6.45, 7) is 9.04. The maximum absolute atomic E-state index is 12.3. The van der Waals surface area contributed by atoms with Gasteiger partial charge in [0.25, 0.3) is 5.91 Å². The first-order valence-electron chi connectivity index (χ1n) is 9.18. The van der Waals surface area contributed by atoms with Crippen LogP contribution in [0.1, 0.15) is 41.6 Å². The molecule has 2 aliphatic rings. The van der Waals surface area contributed by atoms with Gasteiger partial charge in [0.15, 0.2) is 0 Å². The summed E-state index contributed by atoms with van der Waals surface area (Å²) in [7, 11) is 0. The molecule has 138 valence electrons. The Bertz CT molecular complexity index is 903. The highest BCUT2D eigenvalue weighted by molar-refractivity contribution is 6.33. The van der Waals surface area contributed by atoms with E-state index in [1.54, 1.807) is 18.2 Å². The number of carbonyl (C=O) groups excluding carboxylic acids is 1. The highest BCUT2D eigenvalue weighted by Crippen LogP contribution is 2.56. The molecule has 5 heteroatoms. The van der Waals surface area contributed by atoms with Crippen LogP contribution in [-0.2, 0) is 0 Å². The summed E-state index contributed by atoms with van der Waals surface area (Å²) >= 11 is 6.06. The molecule has 2 aromatic carbocycles. The Labute approximate surface area is 164 Å². The van der Waals surface area contributed by atoms with Gasteiger partial charge in [-0.2, -0.15) is 0 Å². The van der Waals surface area contributed by atoms with Crippen molar-refractivity contribution in [1.29, 1.82) is 0 Å². The summed E-state index contributed by atoms with van der Waals surface area (Å²) in [5, 5.41) is 3.56. The molecule has 0 atom stereocenters. The van der Waals surface area contributed by atoms with Gasteiger partial charge in [0, 0.05) is 11.6 Å². The van der Waals surface area contributed by atoms with Crippen LogP contribution >= 0.6 is 11.6 Å². The number of nitrogens with zero attached hydrogens (tertiary/aromatic N) is 1. The van der Waals surface area contributed by atoms with E-state index >= 15 is 0 Å². The summed E-state index contributed by atoms with van der Waals surface area (Å²) in [6, 6.07) is 13.1. The molecule has 27 heavy (non-hydrogen) atoms. The summed E-state index contributed by atoms with van der Waals surface area (Å²) in [5.41, 5.74) is 2.63. The van der Waals surface area contributed by atoms with Gasteiger partial charge in [-0.15, -0.1) is 0 Å². The lowest BCUT2D eigenvalue weighted by Crippen LogP contribution is -2.58. The zero-order valence-electron chi connectivity index (χ0n) is 15.2. The number of halogens is 1. The van der Waals surface area contributed by atoms with Crippen LogP contribution in [-0.4, -0.2) is 18.1 Å². The van der Waals surface area contributed by atoms with Crippen molar-refractivity contribution >= 4 is 23.2 Å². The highest BCUT2D eigenvalue weighted by Gasteiger charge is 2.54. The second-order valence-corrected chi connectivity index (χ2v) is 8.22. The number of amides is 1. The summed E-state index contributed by atoms with van der Waals surface area (Å²) in [6.07, 6.45) is 4.23. The first-order chi connectivity index (χ1) is 13.0. The molecule has 0 heterocycles. The van der Waals surface area contributed by atoms with Gasteiger partial charge in [-0.3, -0.25) is 4.79 Å². The Kier molecular flexibility index (Phi) is 4.57. The zero-order chi connectivity index (χ0) is 19.0. The molecule has 0 aliphatic heterocycles. The molecule has 0 saturated heterocycles. The average molecular weight is 381 g/mol. The number of hydrogen-bond acceptors (Lipinski definition) is 2. The molecular formula is C22H21ClN2O2. The van der Waals surface area contributed by atoms with Gasteiger partial charge in [-0.25, -0.2) is 4.85 Å². The smallest absolute Gasteiger partial charge is 0.251 e. The van der Waals surface area contributed by atoms with E-state index in [4.69, 9.17) is 22.9 Å². The Balaban J connectivity index is 1.24. The van der Waals surface area contributed by atoms with Gasteiger partial charge in [0.1, 0.15) is 5.75 Å². The van der Waals surface area contributed by atoms with Crippen molar-refractivity contribution < 1.29 is 9.53 Å². The lowest BCUT2D eigenvalue weighted by atomic mass is 9.53. The number of nitrogens with one attached hydrogen (secondary N) is 1. The molecular weight excluding hydrogens is 360 g/mol. The number of benzene rings is 2. The molecule has 1 N–H and O–H groups in total. The minimum absolute atomic E-state index is 0.0107. The number of carbonyl (C=O) groups is 1. The third kappa shape index (κ3) is 3.65. The van der Waals surface area contributed by atoms with Crippen LogP contribution in [0.3, 0.4) is 0 Å².